The molecule has 0 atom stereocenters. The van der Waals surface area contributed by atoms with E-state index in [0.717, 1.165) is 23.2 Å². The van der Waals surface area contributed by atoms with Gasteiger partial charge in [-0.25, -0.2) is 0 Å². The number of aryl methyl sites for hydroxylation is 2. The quantitative estimate of drug-likeness (QED) is 0.571. The molecule has 4 heteroatoms. The Hall–Kier alpha value is -2.04. The molecule has 0 amide bonds. The molecule has 0 aliphatic carbocycles. The van der Waals surface area contributed by atoms with Crippen LogP contribution >= 0.6 is 0 Å². The predicted octanol–water partition coefficient (Wildman–Crippen LogP) is 4.24. The molecule has 2 saturated heterocycles. The van der Waals surface area contributed by atoms with Crippen molar-refractivity contribution in [2.45, 2.75) is 52.4 Å². The molecule has 2 heterocycles. The molecule has 0 aromatic heterocycles. The van der Waals surface area contributed by atoms with Gasteiger partial charge in [0.1, 0.15) is 0 Å². The maximum absolute atomic E-state index is 5.75. The van der Waals surface area contributed by atoms with Crippen LogP contribution in [0.4, 0.5) is 11.4 Å². The molecule has 30 heavy (non-hydrogen) atoms. The second-order valence-electron chi connectivity index (χ2n) is 9.17. The van der Waals surface area contributed by atoms with Crippen molar-refractivity contribution in [2.75, 3.05) is 37.6 Å². The van der Waals surface area contributed by atoms with E-state index in [1.807, 2.05) is 12.1 Å². The van der Waals surface area contributed by atoms with Gasteiger partial charge < -0.3 is 22.1 Å². The molecule has 0 saturated carbocycles. The first-order valence-corrected chi connectivity index (χ1v) is 11.6. The minimum absolute atomic E-state index is 0.855. The lowest BCUT2D eigenvalue weighted by atomic mass is 9.89. The Morgan fingerprint density at radius 1 is 0.667 bits per heavy atom. The van der Waals surface area contributed by atoms with Crippen LogP contribution in [0.15, 0.2) is 36.4 Å². The van der Waals surface area contributed by atoms with E-state index in [1.165, 1.54) is 87.0 Å². The van der Waals surface area contributed by atoms with Gasteiger partial charge in [-0.05, 0) is 137 Å². The Balaban J connectivity index is 0.000000171. The standard InChI is InChI=1S/2C13H20N2/c2*1-10-8-13(14)3-2-12(10)9-11-4-6-15-7-5-11/h2*2-3,8,11,15H,4-7,9,14H2,1H3. The summed E-state index contributed by atoms with van der Waals surface area (Å²) in [4.78, 5) is 0. The summed E-state index contributed by atoms with van der Waals surface area (Å²) < 4.78 is 0. The molecule has 4 rings (SSSR count). The maximum atomic E-state index is 5.75. The Morgan fingerprint density at radius 3 is 1.37 bits per heavy atom. The lowest BCUT2D eigenvalue weighted by Crippen LogP contribution is -2.28. The number of rotatable bonds is 4. The maximum Gasteiger partial charge on any atom is 0.0316 e. The van der Waals surface area contributed by atoms with Gasteiger partial charge in [0.25, 0.3) is 0 Å². The first-order chi connectivity index (χ1) is 14.5. The van der Waals surface area contributed by atoms with Gasteiger partial charge in [0, 0.05) is 11.4 Å². The normalized spacial score (nSPS) is 17.9. The number of nitrogens with one attached hydrogen (secondary N) is 2. The highest BCUT2D eigenvalue weighted by Crippen LogP contribution is 2.22. The van der Waals surface area contributed by atoms with Crippen LogP contribution in [0.5, 0.6) is 0 Å². The third kappa shape index (κ3) is 7.03. The van der Waals surface area contributed by atoms with E-state index in [1.54, 1.807) is 0 Å². The molecule has 0 unspecified atom stereocenters. The Morgan fingerprint density at radius 2 is 1.03 bits per heavy atom. The Labute approximate surface area is 182 Å². The van der Waals surface area contributed by atoms with E-state index in [4.69, 9.17) is 11.5 Å². The summed E-state index contributed by atoms with van der Waals surface area (Å²) in [5.74, 6) is 1.71. The van der Waals surface area contributed by atoms with Crippen LogP contribution in [0.25, 0.3) is 0 Å². The summed E-state index contributed by atoms with van der Waals surface area (Å²) in [6.07, 6.45) is 7.67. The average Bonchev–Trinajstić information content (AvgIpc) is 2.74. The highest BCUT2D eigenvalue weighted by molar-refractivity contribution is 5.45. The minimum atomic E-state index is 0.855. The van der Waals surface area contributed by atoms with Gasteiger partial charge in [0.2, 0.25) is 0 Å². The van der Waals surface area contributed by atoms with E-state index >= 15 is 0 Å². The molecule has 2 aromatic carbocycles. The SMILES string of the molecule is Cc1cc(N)ccc1CC1CCNCC1.Cc1cc(N)ccc1CC1CCNCC1. The zero-order valence-corrected chi connectivity index (χ0v) is 18.8. The zero-order chi connectivity index (χ0) is 21.3. The summed E-state index contributed by atoms with van der Waals surface area (Å²) in [7, 11) is 0. The first-order valence-electron chi connectivity index (χ1n) is 11.6. The fraction of sp³-hybridized carbons (Fsp3) is 0.538. The van der Waals surface area contributed by atoms with Gasteiger partial charge in [-0.1, -0.05) is 12.1 Å². The average molecular weight is 409 g/mol. The molecule has 0 radical (unpaired) electrons. The van der Waals surface area contributed by atoms with E-state index in [-0.39, 0.29) is 0 Å². The number of nitrogen functional groups attached to an aromatic ring is 2. The molecule has 2 aliphatic rings. The van der Waals surface area contributed by atoms with Gasteiger partial charge in [-0.15, -0.1) is 0 Å². The number of anilines is 2. The minimum Gasteiger partial charge on any atom is -0.399 e. The van der Waals surface area contributed by atoms with Crippen LogP contribution < -0.4 is 22.1 Å². The molecule has 0 spiro atoms. The second kappa shape index (κ2) is 11.4. The molecule has 0 bridgehead atoms. The summed E-state index contributed by atoms with van der Waals surface area (Å²) >= 11 is 0. The number of hydrogen-bond acceptors (Lipinski definition) is 4. The molecule has 6 N–H and O–H groups in total. The number of piperidine rings is 2. The predicted molar refractivity (Wildman–Crippen MR) is 130 cm³/mol. The summed E-state index contributed by atoms with van der Waals surface area (Å²) in [5.41, 5.74) is 18.9. The monoisotopic (exact) mass is 408 g/mol. The van der Waals surface area contributed by atoms with Crippen LogP contribution in [0, 0.1) is 25.7 Å². The molecule has 2 fully saturated rings. The van der Waals surface area contributed by atoms with Crippen molar-refractivity contribution in [3.63, 3.8) is 0 Å². The van der Waals surface area contributed by atoms with E-state index < -0.39 is 0 Å². The lowest BCUT2D eigenvalue weighted by molar-refractivity contribution is 0.372. The Kier molecular flexibility index (Phi) is 8.59. The molecular formula is C26H40N4. The fourth-order valence-corrected chi connectivity index (χ4v) is 4.69. The van der Waals surface area contributed by atoms with Crippen molar-refractivity contribution in [3.05, 3.63) is 58.7 Å². The van der Waals surface area contributed by atoms with Crippen molar-refractivity contribution >= 4 is 11.4 Å². The second-order valence-corrected chi connectivity index (χ2v) is 9.17. The topological polar surface area (TPSA) is 76.1 Å². The van der Waals surface area contributed by atoms with Crippen LogP contribution in [-0.2, 0) is 12.8 Å². The van der Waals surface area contributed by atoms with Gasteiger partial charge in [-0.2, -0.15) is 0 Å². The van der Waals surface area contributed by atoms with Crippen molar-refractivity contribution in [1.82, 2.24) is 10.6 Å². The van der Waals surface area contributed by atoms with Crippen molar-refractivity contribution < 1.29 is 0 Å². The third-order valence-electron chi connectivity index (χ3n) is 6.67. The van der Waals surface area contributed by atoms with Crippen molar-refractivity contribution in [1.29, 1.82) is 0 Å². The van der Waals surface area contributed by atoms with Crippen molar-refractivity contribution in [2.24, 2.45) is 11.8 Å². The number of nitrogens with two attached hydrogens (primary N) is 2. The summed E-state index contributed by atoms with van der Waals surface area (Å²) in [6.45, 7) is 9.04. The molecule has 2 aromatic rings. The molecule has 164 valence electrons. The van der Waals surface area contributed by atoms with Crippen LogP contribution in [0.3, 0.4) is 0 Å². The zero-order valence-electron chi connectivity index (χ0n) is 18.8. The van der Waals surface area contributed by atoms with E-state index in [9.17, 15) is 0 Å². The van der Waals surface area contributed by atoms with Crippen molar-refractivity contribution in [3.8, 4) is 0 Å². The molecule has 2 aliphatic heterocycles. The highest BCUT2D eigenvalue weighted by atomic mass is 14.9. The van der Waals surface area contributed by atoms with E-state index in [2.05, 4.69) is 48.7 Å². The summed E-state index contributed by atoms with van der Waals surface area (Å²) in [6, 6.07) is 12.6. The van der Waals surface area contributed by atoms with Gasteiger partial charge >= 0.3 is 0 Å². The third-order valence-corrected chi connectivity index (χ3v) is 6.67. The van der Waals surface area contributed by atoms with E-state index in [0.29, 0.717) is 0 Å². The highest BCUT2D eigenvalue weighted by Gasteiger charge is 2.15. The lowest BCUT2D eigenvalue weighted by Gasteiger charge is -2.23. The number of hydrogen-bond donors (Lipinski definition) is 4. The largest absolute Gasteiger partial charge is 0.399 e. The van der Waals surface area contributed by atoms with Crippen LogP contribution in [-0.4, -0.2) is 26.2 Å². The molecule has 4 nitrogen and oxygen atoms in total. The van der Waals surface area contributed by atoms with Gasteiger partial charge in [0.05, 0.1) is 0 Å². The molecular weight excluding hydrogens is 368 g/mol. The fourth-order valence-electron chi connectivity index (χ4n) is 4.69. The van der Waals surface area contributed by atoms with Crippen LogP contribution in [0.2, 0.25) is 0 Å². The Bertz CT molecular complexity index is 722. The van der Waals surface area contributed by atoms with Crippen LogP contribution in [0.1, 0.15) is 47.9 Å². The summed E-state index contributed by atoms with van der Waals surface area (Å²) in [5, 5.41) is 6.81. The smallest absolute Gasteiger partial charge is 0.0316 e. The first kappa shape index (κ1) is 22.6. The van der Waals surface area contributed by atoms with Gasteiger partial charge in [-0.3, -0.25) is 0 Å². The van der Waals surface area contributed by atoms with Gasteiger partial charge in [0.15, 0.2) is 0 Å². The number of benzene rings is 2.